The second-order valence-electron chi connectivity index (χ2n) is 2.40. The molecule has 0 aromatic carbocycles. The van der Waals surface area contributed by atoms with Crippen molar-refractivity contribution >= 4 is 0 Å². The molecule has 0 fully saturated rings. The van der Waals surface area contributed by atoms with E-state index in [0.717, 1.165) is 32.4 Å². The summed E-state index contributed by atoms with van der Waals surface area (Å²) in [4.78, 5) is 0. The third-order valence-corrected chi connectivity index (χ3v) is 1.39. The van der Waals surface area contributed by atoms with Gasteiger partial charge in [0.2, 0.25) is 0 Å². The first-order chi connectivity index (χ1) is 5.41. The molecule has 64 valence electrons. The van der Waals surface area contributed by atoms with E-state index in [9.17, 15) is 0 Å². The molecular weight excluding hydrogens is 136 g/mol. The van der Waals surface area contributed by atoms with E-state index in [2.05, 4.69) is 11.9 Å². The first kappa shape index (κ1) is 10.2. The van der Waals surface area contributed by atoms with Crippen molar-refractivity contribution in [1.82, 2.24) is 5.32 Å². The summed E-state index contributed by atoms with van der Waals surface area (Å²) in [5, 5.41) is 3.30. The minimum Gasteiger partial charge on any atom is -0.405 e. The molecule has 0 bridgehead atoms. The normalized spacial score (nSPS) is 10.5. The second kappa shape index (κ2) is 9.24. The lowest BCUT2D eigenvalue weighted by Gasteiger charge is -1.99. The van der Waals surface area contributed by atoms with Crippen molar-refractivity contribution in [3.63, 3.8) is 0 Å². The maximum Gasteiger partial charge on any atom is -0.00144 e. The highest BCUT2D eigenvalue weighted by Gasteiger charge is 1.83. The first-order valence-corrected chi connectivity index (χ1v) is 4.10. The zero-order valence-corrected chi connectivity index (χ0v) is 7.05. The molecule has 0 unspecified atom stereocenters. The topological polar surface area (TPSA) is 38.0 Å². The van der Waals surface area contributed by atoms with Crippen molar-refractivity contribution in [1.29, 1.82) is 0 Å². The van der Waals surface area contributed by atoms with Crippen LogP contribution in [0.5, 0.6) is 0 Å². The zero-order chi connectivity index (χ0) is 8.36. The first-order valence-electron chi connectivity index (χ1n) is 4.10. The van der Waals surface area contributed by atoms with E-state index in [1.54, 1.807) is 6.20 Å². The van der Waals surface area contributed by atoms with Crippen molar-refractivity contribution in [2.24, 2.45) is 5.73 Å². The summed E-state index contributed by atoms with van der Waals surface area (Å²) in [7, 11) is 0. The lowest BCUT2D eigenvalue weighted by atomic mass is 10.3. The largest absolute Gasteiger partial charge is 0.405 e. The van der Waals surface area contributed by atoms with Crippen molar-refractivity contribution in [2.75, 3.05) is 13.1 Å². The zero-order valence-electron chi connectivity index (χ0n) is 7.05. The summed E-state index contributed by atoms with van der Waals surface area (Å²) in [5.74, 6) is 0. The van der Waals surface area contributed by atoms with Gasteiger partial charge in [-0.3, -0.25) is 0 Å². The predicted octanol–water partition coefficient (Wildman–Crippen LogP) is 1.40. The third-order valence-electron chi connectivity index (χ3n) is 1.39. The summed E-state index contributed by atoms with van der Waals surface area (Å²) >= 11 is 0. The Kier molecular flexibility index (Phi) is 8.60. The van der Waals surface area contributed by atoms with E-state index in [4.69, 9.17) is 5.73 Å². The van der Waals surface area contributed by atoms with Crippen LogP contribution in [0.2, 0.25) is 0 Å². The summed E-state index contributed by atoms with van der Waals surface area (Å²) in [5.41, 5.74) is 5.18. The molecule has 0 saturated heterocycles. The molecule has 0 atom stereocenters. The molecule has 0 heterocycles. The number of allylic oxidation sites excluding steroid dienone is 1. The van der Waals surface area contributed by atoms with Crippen molar-refractivity contribution in [2.45, 2.75) is 19.3 Å². The Morgan fingerprint density at radius 1 is 1.27 bits per heavy atom. The fourth-order valence-electron chi connectivity index (χ4n) is 0.770. The average Bonchev–Trinajstić information content (AvgIpc) is 2.03. The van der Waals surface area contributed by atoms with E-state index in [0.29, 0.717) is 0 Å². The van der Waals surface area contributed by atoms with Crippen LogP contribution in [-0.4, -0.2) is 13.1 Å². The highest BCUT2D eigenvalue weighted by molar-refractivity contribution is 4.75. The summed E-state index contributed by atoms with van der Waals surface area (Å²) in [6, 6.07) is 0. The van der Waals surface area contributed by atoms with Gasteiger partial charge in [-0.1, -0.05) is 12.2 Å². The van der Waals surface area contributed by atoms with Crippen LogP contribution in [0.4, 0.5) is 0 Å². The number of unbranched alkanes of at least 4 members (excludes halogenated alkanes) is 1. The number of hydrogen-bond donors (Lipinski definition) is 2. The molecule has 2 nitrogen and oxygen atoms in total. The van der Waals surface area contributed by atoms with Gasteiger partial charge in [-0.2, -0.15) is 0 Å². The molecule has 3 N–H and O–H groups in total. The molecule has 0 saturated carbocycles. The lowest BCUT2D eigenvalue weighted by molar-refractivity contribution is 0.658. The molecular formula is C9H18N2. The molecule has 2 heteroatoms. The van der Waals surface area contributed by atoms with Crippen LogP contribution >= 0.6 is 0 Å². The smallest absolute Gasteiger partial charge is 0.00144 e. The Hall–Kier alpha value is -0.760. The predicted molar refractivity (Wildman–Crippen MR) is 50.2 cm³/mol. The number of nitrogens with two attached hydrogens (primary N) is 1. The lowest BCUT2D eigenvalue weighted by Crippen LogP contribution is -2.15. The fraction of sp³-hybridized carbons (Fsp3) is 0.556. The van der Waals surface area contributed by atoms with Crippen LogP contribution in [0.3, 0.4) is 0 Å². The standard InChI is InChI=1S/C9H18N2/c1-2-3-8-11-9-6-4-5-7-10/h2,5,7,11H,1,3-4,6,8-10H2/b7-5+. The third kappa shape index (κ3) is 9.24. The highest BCUT2D eigenvalue weighted by Crippen LogP contribution is 1.87. The summed E-state index contributed by atoms with van der Waals surface area (Å²) in [6.45, 7) is 5.75. The average molecular weight is 154 g/mol. The van der Waals surface area contributed by atoms with Gasteiger partial charge in [0.15, 0.2) is 0 Å². The molecule has 0 spiro atoms. The Morgan fingerprint density at radius 2 is 2.09 bits per heavy atom. The Bertz CT molecular complexity index is 108. The van der Waals surface area contributed by atoms with Crippen molar-refractivity contribution in [3.8, 4) is 0 Å². The van der Waals surface area contributed by atoms with Crippen molar-refractivity contribution in [3.05, 3.63) is 24.9 Å². The van der Waals surface area contributed by atoms with Gasteiger partial charge in [0.05, 0.1) is 0 Å². The van der Waals surface area contributed by atoms with Gasteiger partial charge in [0, 0.05) is 0 Å². The van der Waals surface area contributed by atoms with Gasteiger partial charge in [-0.15, -0.1) is 6.58 Å². The van der Waals surface area contributed by atoms with E-state index in [1.165, 1.54) is 0 Å². The van der Waals surface area contributed by atoms with E-state index in [1.807, 2.05) is 12.2 Å². The molecule has 11 heavy (non-hydrogen) atoms. The van der Waals surface area contributed by atoms with Gasteiger partial charge < -0.3 is 11.1 Å². The van der Waals surface area contributed by atoms with Crippen LogP contribution in [-0.2, 0) is 0 Å². The SMILES string of the molecule is C=CCCNCCC/C=C/N. The van der Waals surface area contributed by atoms with E-state index < -0.39 is 0 Å². The van der Waals surface area contributed by atoms with Gasteiger partial charge >= 0.3 is 0 Å². The number of rotatable bonds is 7. The van der Waals surface area contributed by atoms with Crippen molar-refractivity contribution < 1.29 is 0 Å². The molecule has 0 amide bonds. The van der Waals surface area contributed by atoms with Crippen LogP contribution in [0.15, 0.2) is 24.9 Å². The monoisotopic (exact) mass is 154 g/mol. The second-order valence-corrected chi connectivity index (χ2v) is 2.40. The molecule has 0 aliphatic carbocycles. The van der Waals surface area contributed by atoms with Gasteiger partial charge in [0.1, 0.15) is 0 Å². The van der Waals surface area contributed by atoms with Crippen LogP contribution in [0.1, 0.15) is 19.3 Å². The Labute approximate surface area is 69.2 Å². The van der Waals surface area contributed by atoms with E-state index in [-0.39, 0.29) is 0 Å². The van der Waals surface area contributed by atoms with Crippen LogP contribution in [0, 0.1) is 0 Å². The molecule has 0 aliphatic rings. The molecule has 0 aromatic heterocycles. The van der Waals surface area contributed by atoms with E-state index >= 15 is 0 Å². The summed E-state index contributed by atoms with van der Waals surface area (Å²) in [6.07, 6.45) is 8.78. The minimum absolute atomic E-state index is 1.04. The highest BCUT2D eigenvalue weighted by atomic mass is 14.8. The van der Waals surface area contributed by atoms with Crippen LogP contribution in [0.25, 0.3) is 0 Å². The minimum atomic E-state index is 1.04. The van der Waals surface area contributed by atoms with Gasteiger partial charge in [-0.25, -0.2) is 0 Å². The maximum absolute atomic E-state index is 5.18. The quantitative estimate of drug-likeness (QED) is 0.430. The van der Waals surface area contributed by atoms with Gasteiger partial charge in [-0.05, 0) is 38.6 Å². The number of nitrogens with one attached hydrogen (secondary N) is 1. The Balaban J connectivity index is 2.84. The Morgan fingerprint density at radius 3 is 2.73 bits per heavy atom. The van der Waals surface area contributed by atoms with Crippen LogP contribution < -0.4 is 11.1 Å². The maximum atomic E-state index is 5.18. The number of hydrogen-bond acceptors (Lipinski definition) is 2. The molecule has 0 radical (unpaired) electrons. The summed E-state index contributed by atoms with van der Waals surface area (Å²) < 4.78 is 0. The molecule has 0 aliphatic heterocycles. The van der Waals surface area contributed by atoms with Gasteiger partial charge in [0.25, 0.3) is 0 Å². The fourth-order valence-corrected chi connectivity index (χ4v) is 0.770. The molecule has 0 aromatic rings. The molecule has 0 rings (SSSR count).